The van der Waals surface area contributed by atoms with E-state index >= 15 is 0 Å². The van der Waals surface area contributed by atoms with E-state index in [1.807, 2.05) is 24.3 Å². The highest BCUT2D eigenvalue weighted by atomic mass is 16.6. The molecule has 1 heterocycles. The molecule has 0 unspecified atom stereocenters. The molecule has 0 radical (unpaired) electrons. The van der Waals surface area contributed by atoms with Crippen LogP contribution in [0.5, 0.6) is 11.5 Å². The summed E-state index contributed by atoms with van der Waals surface area (Å²) in [6.45, 7) is 6.33. The van der Waals surface area contributed by atoms with Gasteiger partial charge in [0.05, 0.1) is 0 Å². The summed E-state index contributed by atoms with van der Waals surface area (Å²) >= 11 is 0. The SMILES string of the molecule is CC(C)CN.c1ccc2c(c1)OCCO2. The number of fused-ring (bicyclic) bond motifs is 1. The molecule has 0 aromatic heterocycles. The smallest absolute Gasteiger partial charge is 0.161 e. The number of hydrogen-bond donors (Lipinski definition) is 1. The van der Waals surface area contributed by atoms with Crippen LogP contribution in [0.15, 0.2) is 24.3 Å². The van der Waals surface area contributed by atoms with Crippen molar-refractivity contribution in [3.8, 4) is 11.5 Å². The molecule has 3 nitrogen and oxygen atoms in total. The van der Waals surface area contributed by atoms with E-state index in [0.717, 1.165) is 18.0 Å². The third-order valence-electron chi connectivity index (χ3n) is 1.92. The van der Waals surface area contributed by atoms with Gasteiger partial charge in [-0.3, -0.25) is 0 Å². The first-order valence-corrected chi connectivity index (χ1v) is 5.28. The molecule has 0 spiro atoms. The van der Waals surface area contributed by atoms with Gasteiger partial charge in [0.2, 0.25) is 0 Å². The molecule has 3 heteroatoms. The molecule has 0 saturated carbocycles. The number of hydrogen-bond acceptors (Lipinski definition) is 3. The molecular weight excluding hydrogens is 190 g/mol. The monoisotopic (exact) mass is 209 g/mol. The van der Waals surface area contributed by atoms with Crippen molar-refractivity contribution in [3.05, 3.63) is 24.3 Å². The van der Waals surface area contributed by atoms with Crippen LogP contribution in [-0.2, 0) is 0 Å². The second kappa shape index (κ2) is 6.30. The van der Waals surface area contributed by atoms with Gasteiger partial charge < -0.3 is 15.2 Å². The Balaban J connectivity index is 0.000000195. The van der Waals surface area contributed by atoms with Crippen LogP contribution in [0.25, 0.3) is 0 Å². The minimum atomic E-state index is 0.662. The van der Waals surface area contributed by atoms with E-state index in [0.29, 0.717) is 19.1 Å². The molecule has 0 amide bonds. The van der Waals surface area contributed by atoms with Gasteiger partial charge in [0.1, 0.15) is 13.2 Å². The highest BCUT2D eigenvalue weighted by Crippen LogP contribution is 2.28. The summed E-state index contributed by atoms with van der Waals surface area (Å²) < 4.78 is 10.6. The summed E-state index contributed by atoms with van der Waals surface area (Å²) in [6.07, 6.45) is 0. The van der Waals surface area contributed by atoms with Crippen LogP contribution in [0.3, 0.4) is 0 Å². The zero-order valence-electron chi connectivity index (χ0n) is 9.40. The van der Waals surface area contributed by atoms with Crippen molar-refractivity contribution >= 4 is 0 Å². The molecule has 0 fully saturated rings. The first-order chi connectivity index (χ1) is 7.24. The fraction of sp³-hybridized carbons (Fsp3) is 0.500. The van der Waals surface area contributed by atoms with Crippen LogP contribution < -0.4 is 15.2 Å². The van der Waals surface area contributed by atoms with E-state index in [2.05, 4.69) is 13.8 Å². The first kappa shape index (κ1) is 11.9. The molecule has 0 atom stereocenters. The van der Waals surface area contributed by atoms with Crippen molar-refractivity contribution in [1.29, 1.82) is 0 Å². The standard InChI is InChI=1S/C8H8O2.C4H11N/c1-2-4-8-7(3-1)9-5-6-10-8;1-4(2)3-5/h1-4H,5-6H2;4H,3,5H2,1-2H3. The quantitative estimate of drug-likeness (QED) is 0.770. The van der Waals surface area contributed by atoms with Gasteiger partial charge in [-0.2, -0.15) is 0 Å². The Hall–Kier alpha value is -1.22. The summed E-state index contributed by atoms with van der Waals surface area (Å²) in [4.78, 5) is 0. The van der Waals surface area contributed by atoms with Crippen molar-refractivity contribution in [3.63, 3.8) is 0 Å². The maximum atomic E-state index is 5.30. The normalized spacial score (nSPS) is 13.1. The highest BCUT2D eigenvalue weighted by Gasteiger charge is 2.07. The van der Waals surface area contributed by atoms with Crippen LogP contribution in [0.2, 0.25) is 0 Å². The topological polar surface area (TPSA) is 44.5 Å². The first-order valence-electron chi connectivity index (χ1n) is 5.28. The molecule has 1 aromatic carbocycles. The van der Waals surface area contributed by atoms with Crippen molar-refractivity contribution in [2.45, 2.75) is 13.8 Å². The Bertz CT molecular complexity index is 262. The van der Waals surface area contributed by atoms with E-state index in [9.17, 15) is 0 Å². The lowest BCUT2D eigenvalue weighted by atomic mass is 10.2. The Morgan fingerprint density at radius 2 is 1.53 bits per heavy atom. The number of nitrogens with two attached hydrogens (primary N) is 1. The average Bonchev–Trinajstić information content (AvgIpc) is 2.30. The molecular formula is C12H19NO2. The summed E-state index contributed by atoms with van der Waals surface area (Å²) in [7, 11) is 0. The minimum Gasteiger partial charge on any atom is -0.486 e. The molecule has 0 aliphatic carbocycles. The number of rotatable bonds is 1. The maximum absolute atomic E-state index is 5.30. The molecule has 1 aliphatic rings. The van der Waals surface area contributed by atoms with Gasteiger partial charge in [-0.1, -0.05) is 26.0 Å². The van der Waals surface area contributed by atoms with Gasteiger partial charge in [-0.25, -0.2) is 0 Å². The summed E-state index contributed by atoms with van der Waals surface area (Å²) in [6, 6.07) is 7.70. The van der Waals surface area contributed by atoms with Crippen LogP contribution in [0, 0.1) is 5.92 Å². The van der Waals surface area contributed by atoms with E-state index < -0.39 is 0 Å². The van der Waals surface area contributed by atoms with Crippen molar-refractivity contribution in [1.82, 2.24) is 0 Å². The van der Waals surface area contributed by atoms with Crippen molar-refractivity contribution in [2.75, 3.05) is 19.8 Å². The third-order valence-corrected chi connectivity index (χ3v) is 1.92. The number of ether oxygens (including phenoxy) is 2. The zero-order chi connectivity index (χ0) is 11.1. The predicted molar refractivity (Wildman–Crippen MR) is 61.3 cm³/mol. The number of benzene rings is 1. The van der Waals surface area contributed by atoms with Crippen LogP contribution in [0.1, 0.15) is 13.8 Å². The van der Waals surface area contributed by atoms with Gasteiger partial charge >= 0.3 is 0 Å². The van der Waals surface area contributed by atoms with Crippen molar-refractivity contribution in [2.24, 2.45) is 11.7 Å². The maximum Gasteiger partial charge on any atom is 0.161 e. The Morgan fingerprint density at radius 1 is 1.13 bits per heavy atom. The number of para-hydroxylation sites is 2. The molecule has 84 valence electrons. The van der Waals surface area contributed by atoms with E-state index in [4.69, 9.17) is 15.2 Å². The fourth-order valence-corrected chi connectivity index (χ4v) is 0.992. The molecule has 0 bridgehead atoms. The van der Waals surface area contributed by atoms with E-state index in [1.165, 1.54) is 0 Å². The zero-order valence-corrected chi connectivity index (χ0v) is 9.40. The molecule has 2 rings (SSSR count). The van der Waals surface area contributed by atoms with Gasteiger partial charge in [0, 0.05) is 0 Å². The molecule has 2 N–H and O–H groups in total. The molecule has 1 aliphatic heterocycles. The van der Waals surface area contributed by atoms with Gasteiger partial charge in [-0.05, 0) is 24.6 Å². The lowest BCUT2D eigenvalue weighted by Gasteiger charge is -2.17. The Morgan fingerprint density at radius 3 is 1.87 bits per heavy atom. The lowest BCUT2D eigenvalue weighted by molar-refractivity contribution is 0.171. The van der Waals surface area contributed by atoms with Gasteiger partial charge in [0.15, 0.2) is 11.5 Å². The molecule has 15 heavy (non-hydrogen) atoms. The van der Waals surface area contributed by atoms with Crippen LogP contribution in [-0.4, -0.2) is 19.8 Å². The Kier molecular flexibility index (Phi) is 4.98. The van der Waals surface area contributed by atoms with Crippen LogP contribution in [0.4, 0.5) is 0 Å². The second-order valence-corrected chi connectivity index (χ2v) is 3.77. The van der Waals surface area contributed by atoms with Crippen molar-refractivity contribution < 1.29 is 9.47 Å². The fourth-order valence-electron chi connectivity index (χ4n) is 0.992. The average molecular weight is 209 g/mol. The summed E-state index contributed by atoms with van der Waals surface area (Å²) in [5, 5.41) is 0. The summed E-state index contributed by atoms with van der Waals surface area (Å²) in [5.41, 5.74) is 5.17. The second-order valence-electron chi connectivity index (χ2n) is 3.77. The van der Waals surface area contributed by atoms with Gasteiger partial charge in [-0.15, -0.1) is 0 Å². The summed E-state index contributed by atoms with van der Waals surface area (Å²) in [5.74, 6) is 2.37. The van der Waals surface area contributed by atoms with Gasteiger partial charge in [0.25, 0.3) is 0 Å². The molecule has 1 aromatic rings. The lowest BCUT2D eigenvalue weighted by Crippen LogP contribution is -2.14. The Labute approximate surface area is 91.2 Å². The minimum absolute atomic E-state index is 0.662. The third kappa shape index (κ3) is 4.21. The van der Waals surface area contributed by atoms with Crippen LogP contribution >= 0.6 is 0 Å². The predicted octanol–water partition coefficient (Wildman–Crippen LogP) is 2.06. The van der Waals surface area contributed by atoms with E-state index in [-0.39, 0.29) is 0 Å². The molecule has 0 saturated heterocycles. The highest BCUT2D eigenvalue weighted by molar-refractivity contribution is 5.40. The largest absolute Gasteiger partial charge is 0.486 e. The van der Waals surface area contributed by atoms with E-state index in [1.54, 1.807) is 0 Å².